The van der Waals surface area contributed by atoms with Crippen LogP contribution in [-0.4, -0.2) is 28.7 Å². The maximum Gasteiger partial charge on any atom is 0.188 e. The summed E-state index contributed by atoms with van der Waals surface area (Å²) >= 11 is 12.1. The molecule has 2 heterocycles. The van der Waals surface area contributed by atoms with Crippen molar-refractivity contribution in [1.29, 1.82) is 0 Å². The monoisotopic (exact) mass is 416 g/mol. The lowest BCUT2D eigenvalue weighted by atomic mass is 10.0. The second-order valence-corrected chi connectivity index (χ2v) is 7.22. The summed E-state index contributed by atoms with van der Waals surface area (Å²) in [7, 11) is 1.82. The van der Waals surface area contributed by atoms with Gasteiger partial charge < -0.3 is 9.84 Å². The maximum absolute atomic E-state index is 11.1. The molecule has 0 fully saturated rings. The van der Waals surface area contributed by atoms with Crippen molar-refractivity contribution in [1.82, 2.24) is 15.4 Å². The van der Waals surface area contributed by atoms with Crippen LogP contribution in [0.2, 0.25) is 10.0 Å². The summed E-state index contributed by atoms with van der Waals surface area (Å²) in [5, 5.41) is 14.0. The number of nitrogens with one attached hydrogen (secondary N) is 1. The molecule has 0 radical (unpaired) electrons. The Labute approximate surface area is 172 Å². The van der Waals surface area contributed by atoms with Crippen molar-refractivity contribution in [3.05, 3.63) is 69.5 Å². The van der Waals surface area contributed by atoms with Crippen LogP contribution in [0.4, 0.5) is 5.82 Å². The van der Waals surface area contributed by atoms with Gasteiger partial charge in [0.15, 0.2) is 23.0 Å². The summed E-state index contributed by atoms with van der Waals surface area (Å²) in [4.78, 5) is 9.39. The number of aromatic nitrogens is 2. The number of benzene rings is 2. The van der Waals surface area contributed by atoms with Gasteiger partial charge in [0.05, 0.1) is 17.6 Å². The van der Waals surface area contributed by atoms with Crippen molar-refractivity contribution in [3.8, 4) is 0 Å². The van der Waals surface area contributed by atoms with E-state index < -0.39 is 6.04 Å². The summed E-state index contributed by atoms with van der Waals surface area (Å²) < 4.78 is 5.81. The van der Waals surface area contributed by atoms with Crippen molar-refractivity contribution >= 4 is 45.8 Å². The van der Waals surface area contributed by atoms with Crippen LogP contribution in [0.15, 0.2) is 48.2 Å². The van der Waals surface area contributed by atoms with Crippen LogP contribution < -0.4 is 10.4 Å². The molecule has 0 saturated carbocycles. The van der Waals surface area contributed by atoms with E-state index in [4.69, 9.17) is 32.9 Å². The van der Waals surface area contributed by atoms with E-state index in [9.17, 15) is 5.11 Å². The fourth-order valence-corrected chi connectivity index (χ4v) is 3.44. The van der Waals surface area contributed by atoms with Crippen LogP contribution in [0.5, 0.6) is 0 Å². The van der Waals surface area contributed by atoms with Crippen LogP contribution in [0.1, 0.15) is 24.2 Å². The fourth-order valence-electron chi connectivity index (χ4n) is 3.15. The number of aliphatic hydroxyl groups is 1. The summed E-state index contributed by atoms with van der Waals surface area (Å²) in [6.07, 6.45) is 0. The molecule has 1 atom stereocenters. The number of rotatable bonds is 3. The third kappa shape index (κ3) is 3.35. The highest BCUT2D eigenvalue weighted by Crippen LogP contribution is 2.36. The fraction of sp³-hybridized carbons (Fsp3) is 0.200. The number of ether oxygens (including phenoxy) is 1. The second-order valence-electron chi connectivity index (χ2n) is 6.35. The van der Waals surface area contributed by atoms with Gasteiger partial charge >= 0.3 is 0 Å². The van der Waals surface area contributed by atoms with E-state index in [1.54, 1.807) is 29.3 Å². The summed E-state index contributed by atoms with van der Waals surface area (Å²) in [5.41, 5.74) is 5.84. The van der Waals surface area contributed by atoms with Crippen molar-refractivity contribution in [2.75, 3.05) is 18.7 Å². The SMILES string of the molecule is CCOC1=C(O)C(c2ccc(Cl)cc2)NN(C)c2nc3ccc(Cl)cc3nc21. The largest absolute Gasteiger partial charge is 0.506 e. The molecule has 1 aromatic heterocycles. The third-order valence-electron chi connectivity index (χ3n) is 4.46. The Kier molecular flexibility index (Phi) is 5.02. The van der Waals surface area contributed by atoms with Gasteiger partial charge in [0.2, 0.25) is 0 Å². The van der Waals surface area contributed by atoms with E-state index in [-0.39, 0.29) is 11.5 Å². The van der Waals surface area contributed by atoms with E-state index in [0.29, 0.717) is 39.2 Å². The quantitative estimate of drug-likeness (QED) is 0.632. The van der Waals surface area contributed by atoms with Gasteiger partial charge in [0, 0.05) is 17.1 Å². The molecule has 0 spiro atoms. The number of hydrogen-bond acceptors (Lipinski definition) is 6. The van der Waals surface area contributed by atoms with Crippen LogP contribution in [0.25, 0.3) is 16.8 Å². The van der Waals surface area contributed by atoms with Crippen molar-refractivity contribution in [2.24, 2.45) is 0 Å². The zero-order valence-corrected chi connectivity index (χ0v) is 16.8. The first-order valence-electron chi connectivity index (χ1n) is 8.77. The summed E-state index contributed by atoms with van der Waals surface area (Å²) in [5.74, 6) is 0.843. The Balaban J connectivity index is 1.93. The zero-order valence-electron chi connectivity index (χ0n) is 15.3. The molecule has 6 nitrogen and oxygen atoms in total. The van der Waals surface area contributed by atoms with Gasteiger partial charge in [-0.3, -0.25) is 5.01 Å². The average Bonchev–Trinajstić information content (AvgIpc) is 2.78. The molecule has 2 N–H and O–H groups in total. The van der Waals surface area contributed by atoms with Gasteiger partial charge in [-0.2, -0.15) is 0 Å². The Morgan fingerprint density at radius 3 is 2.50 bits per heavy atom. The second kappa shape index (κ2) is 7.47. The highest BCUT2D eigenvalue weighted by molar-refractivity contribution is 6.31. The zero-order chi connectivity index (χ0) is 19.8. The molecule has 1 aliphatic rings. The number of anilines is 1. The Morgan fingerprint density at radius 2 is 1.79 bits per heavy atom. The van der Waals surface area contributed by atoms with E-state index in [2.05, 4.69) is 10.4 Å². The molecule has 1 unspecified atom stereocenters. The van der Waals surface area contributed by atoms with E-state index in [0.717, 1.165) is 5.56 Å². The topological polar surface area (TPSA) is 70.5 Å². The van der Waals surface area contributed by atoms with E-state index >= 15 is 0 Å². The molecule has 144 valence electrons. The number of halogens is 2. The van der Waals surface area contributed by atoms with Crippen molar-refractivity contribution < 1.29 is 9.84 Å². The lowest BCUT2D eigenvalue weighted by Crippen LogP contribution is -2.38. The maximum atomic E-state index is 11.1. The highest BCUT2D eigenvalue weighted by Gasteiger charge is 2.31. The number of fused-ring (bicyclic) bond motifs is 2. The lowest BCUT2D eigenvalue weighted by molar-refractivity contribution is 0.261. The molecule has 1 aliphatic heterocycles. The average molecular weight is 417 g/mol. The first kappa shape index (κ1) is 18.8. The Bertz CT molecular complexity index is 1070. The number of hydrogen-bond donors (Lipinski definition) is 2. The molecular weight excluding hydrogens is 399 g/mol. The van der Waals surface area contributed by atoms with Gasteiger partial charge in [-0.05, 0) is 42.8 Å². The summed E-state index contributed by atoms with van der Waals surface area (Å²) in [6.45, 7) is 2.22. The number of hydrazine groups is 1. The molecule has 0 bridgehead atoms. The molecule has 28 heavy (non-hydrogen) atoms. The van der Waals surface area contributed by atoms with Crippen LogP contribution in [0, 0.1) is 0 Å². The molecule has 0 amide bonds. The first-order valence-corrected chi connectivity index (χ1v) is 9.52. The van der Waals surface area contributed by atoms with Crippen LogP contribution in [-0.2, 0) is 4.74 Å². The normalized spacial score (nSPS) is 16.9. The Morgan fingerprint density at radius 1 is 1.07 bits per heavy atom. The minimum atomic E-state index is -0.550. The van der Waals surface area contributed by atoms with E-state index in [1.807, 2.05) is 32.2 Å². The number of nitrogens with zero attached hydrogens (tertiary/aromatic N) is 3. The molecule has 2 aromatic carbocycles. The third-order valence-corrected chi connectivity index (χ3v) is 4.95. The smallest absolute Gasteiger partial charge is 0.188 e. The van der Waals surface area contributed by atoms with Crippen LogP contribution in [0.3, 0.4) is 0 Å². The predicted octanol–water partition coefficient (Wildman–Crippen LogP) is 4.90. The van der Waals surface area contributed by atoms with Gasteiger partial charge in [-0.15, -0.1) is 0 Å². The highest BCUT2D eigenvalue weighted by atomic mass is 35.5. The summed E-state index contributed by atoms with van der Waals surface area (Å²) in [6, 6.07) is 12.0. The molecule has 8 heteroatoms. The lowest BCUT2D eigenvalue weighted by Gasteiger charge is -2.24. The van der Waals surface area contributed by atoms with Crippen LogP contribution >= 0.6 is 23.2 Å². The first-order chi connectivity index (χ1) is 13.5. The van der Waals surface area contributed by atoms with Gasteiger partial charge in [-0.1, -0.05) is 35.3 Å². The van der Waals surface area contributed by atoms with Gasteiger partial charge in [0.1, 0.15) is 6.04 Å². The minimum absolute atomic E-state index is 0.0189. The predicted molar refractivity (Wildman–Crippen MR) is 111 cm³/mol. The molecule has 0 aliphatic carbocycles. The molecule has 0 saturated heterocycles. The van der Waals surface area contributed by atoms with Gasteiger partial charge in [-0.25, -0.2) is 15.4 Å². The Hall–Kier alpha value is -2.54. The molecule has 3 aromatic rings. The standard InChI is InChI=1S/C20H18Cl2N4O2/c1-3-28-19-17-20(24-14-9-8-13(22)10-15(14)23-17)26(2)25-16(18(19)27)11-4-6-12(21)7-5-11/h4-10,16,25,27H,3H2,1-2H3. The molecular formula is C20H18Cl2N4O2. The van der Waals surface area contributed by atoms with Gasteiger partial charge in [0.25, 0.3) is 0 Å². The molecule has 4 rings (SSSR count). The van der Waals surface area contributed by atoms with E-state index in [1.165, 1.54) is 0 Å². The van der Waals surface area contributed by atoms with Crippen molar-refractivity contribution in [3.63, 3.8) is 0 Å². The number of aliphatic hydroxyl groups excluding tert-OH is 1. The van der Waals surface area contributed by atoms with Crippen molar-refractivity contribution in [2.45, 2.75) is 13.0 Å². The minimum Gasteiger partial charge on any atom is -0.506 e.